The highest BCUT2D eigenvalue weighted by Crippen LogP contribution is 2.28. The number of H-pyrrole nitrogens is 1. The van der Waals surface area contributed by atoms with Crippen LogP contribution in [0.25, 0.3) is 10.9 Å². The molecule has 0 spiro atoms. The number of hydrogen-bond acceptors (Lipinski definition) is 3. The van der Waals surface area contributed by atoms with Gasteiger partial charge < -0.3 is 9.64 Å². The summed E-state index contributed by atoms with van der Waals surface area (Å²) in [5.74, 6) is 1.00. The highest BCUT2D eigenvalue weighted by molar-refractivity contribution is 5.83. The second kappa shape index (κ2) is 5.21. The molecule has 1 aromatic heterocycles. The lowest BCUT2D eigenvalue weighted by Gasteiger charge is -2.31. The van der Waals surface area contributed by atoms with Crippen LogP contribution in [0.5, 0.6) is 5.75 Å². The summed E-state index contributed by atoms with van der Waals surface area (Å²) in [7, 11) is 0. The fourth-order valence-electron chi connectivity index (χ4n) is 2.79. The summed E-state index contributed by atoms with van der Waals surface area (Å²) in [5.41, 5.74) is 2.26. The van der Waals surface area contributed by atoms with E-state index >= 15 is 0 Å². The second-order valence-corrected chi connectivity index (χ2v) is 5.27. The molecule has 0 saturated carbocycles. The van der Waals surface area contributed by atoms with Gasteiger partial charge >= 0.3 is 0 Å². The van der Waals surface area contributed by atoms with Gasteiger partial charge in [-0.3, -0.25) is 5.10 Å². The van der Waals surface area contributed by atoms with Crippen molar-refractivity contribution in [1.29, 1.82) is 0 Å². The molecule has 1 N–H and O–H groups in total. The number of rotatable bonds is 3. The first-order valence-corrected chi connectivity index (χ1v) is 7.09. The van der Waals surface area contributed by atoms with Gasteiger partial charge in [0, 0.05) is 24.0 Å². The van der Waals surface area contributed by atoms with Gasteiger partial charge in [-0.05, 0) is 38.4 Å². The summed E-state index contributed by atoms with van der Waals surface area (Å²) in [6, 6.07) is 4.11. The Hall–Kier alpha value is -1.55. The van der Waals surface area contributed by atoms with Crippen molar-refractivity contribution in [2.24, 2.45) is 0 Å². The maximum absolute atomic E-state index is 6.19. The summed E-state index contributed by atoms with van der Waals surface area (Å²) >= 11 is 0. The van der Waals surface area contributed by atoms with Crippen LogP contribution in [0.1, 0.15) is 25.3 Å². The van der Waals surface area contributed by atoms with Gasteiger partial charge in [0.15, 0.2) is 0 Å². The summed E-state index contributed by atoms with van der Waals surface area (Å²) in [4.78, 5) is 2.48. The predicted octanol–water partition coefficient (Wildman–Crippen LogP) is 2.73. The monoisotopic (exact) mass is 259 g/mol. The number of aryl methyl sites for hydroxylation is 1. The molecule has 1 aliphatic rings. The highest BCUT2D eigenvalue weighted by atomic mass is 16.5. The number of aromatic amines is 1. The first kappa shape index (κ1) is 12.5. The van der Waals surface area contributed by atoms with Crippen molar-refractivity contribution < 1.29 is 4.74 Å². The molecule has 1 aromatic carbocycles. The fourth-order valence-corrected chi connectivity index (χ4v) is 2.79. The van der Waals surface area contributed by atoms with Crippen LogP contribution in [-0.2, 0) is 0 Å². The maximum Gasteiger partial charge on any atom is 0.123 e. The van der Waals surface area contributed by atoms with Crippen molar-refractivity contribution in [1.82, 2.24) is 15.1 Å². The summed E-state index contributed by atoms with van der Waals surface area (Å²) in [6.07, 6.45) is 4.47. The molecule has 0 unspecified atom stereocenters. The summed E-state index contributed by atoms with van der Waals surface area (Å²) in [6.45, 7) is 7.77. The van der Waals surface area contributed by atoms with Crippen molar-refractivity contribution >= 4 is 10.9 Å². The van der Waals surface area contributed by atoms with Crippen LogP contribution in [0.4, 0.5) is 0 Å². The van der Waals surface area contributed by atoms with Gasteiger partial charge in [-0.1, -0.05) is 6.92 Å². The number of likely N-dealkylation sites (tertiary alicyclic amines) is 1. The molecule has 0 radical (unpaired) electrons. The number of fused-ring (bicyclic) bond motifs is 1. The minimum atomic E-state index is 0.353. The van der Waals surface area contributed by atoms with Gasteiger partial charge in [0.1, 0.15) is 11.9 Å². The average molecular weight is 259 g/mol. The Labute approximate surface area is 113 Å². The zero-order valence-corrected chi connectivity index (χ0v) is 11.6. The maximum atomic E-state index is 6.19. The molecular weight excluding hydrogens is 238 g/mol. The van der Waals surface area contributed by atoms with E-state index in [0.29, 0.717) is 6.10 Å². The minimum absolute atomic E-state index is 0.353. The van der Waals surface area contributed by atoms with Crippen molar-refractivity contribution in [2.45, 2.75) is 32.8 Å². The van der Waals surface area contributed by atoms with Gasteiger partial charge in [-0.2, -0.15) is 5.10 Å². The van der Waals surface area contributed by atoms with Gasteiger partial charge in [-0.15, -0.1) is 0 Å². The smallest absolute Gasteiger partial charge is 0.123 e. The topological polar surface area (TPSA) is 41.1 Å². The molecule has 2 heterocycles. The normalized spacial score (nSPS) is 18.0. The Morgan fingerprint density at radius 2 is 2.16 bits per heavy atom. The van der Waals surface area contributed by atoms with Gasteiger partial charge in [0.2, 0.25) is 0 Å². The standard InChI is InChI=1S/C15H21N3O/c1-3-18-8-6-12(7-9-18)19-15-5-4-14-13(11(15)2)10-16-17-14/h4-5,10,12H,3,6-9H2,1-2H3,(H,16,17). The molecule has 102 valence electrons. The Morgan fingerprint density at radius 1 is 1.37 bits per heavy atom. The first-order valence-electron chi connectivity index (χ1n) is 7.09. The summed E-state index contributed by atoms with van der Waals surface area (Å²) in [5, 5.41) is 8.23. The molecule has 1 aliphatic heterocycles. The van der Waals surface area contributed by atoms with Crippen LogP contribution < -0.4 is 4.74 Å². The Kier molecular flexibility index (Phi) is 3.42. The molecule has 3 rings (SSSR count). The lowest BCUT2D eigenvalue weighted by atomic mass is 10.1. The fraction of sp³-hybridized carbons (Fsp3) is 0.533. The van der Waals surface area contributed by atoms with Crippen molar-refractivity contribution in [2.75, 3.05) is 19.6 Å². The molecule has 4 nitrogen and oxygen atoms in total. The van der Waals surface area contributed by atoms with Gasteiger partial charge in [-0.25, -0.2) is 0 Å². The van der Waals surface area contributed by atoms with E-state index in [2.05, 4.69) is 35.0 Å². The second-order valence-electron chi connectivity index (χ2n) is 5.27. The Morgan fingerprint density at radius 3 is 2.89 bits per heavy atom. The molecule has 0 aliphatic carbocycles. The minimum Gasteiger partial charge on any atom is -0.490 e. The number of piperidine rings is 1. The predicted molar refractivity (Wildman–Crippen MR) is 76.6 cm³/mol. The quantitative estimate of drug-likeness (QED) is 0.921. The van der Waals surface area contributed by atoms with Crippen molar-refractivity contribution in [3.05, 3.63) is 23.9 Å². The third kappa shape index (κ3) is 2.45. The lowest BCUT2D eigenvalue weighted by Crippen LogP contribution is -2.38. The van der Waals surface area contributed by atoms with Crippen molar-refractivity contribution in [3.63, 3.8) is 0 Å². The number of benzene rings is 1. The number of ether oxygens (including phenoxy) is 1. The average Bonchev–Trinajstić information content (AvgIpc) is 2.92. The lowest BCUT2D eigenvalue weighted by molar-refractivity contribution is 0.103. The Bertz CT molecular complexity index is 556. The SMILES string of the molecule is CCN1CCC(Oc2ccc3[nH]ncc3c2C)CC1. The molecule has 4 heteroatoms. The molecule has 0 atom stereocenters. The molecule has 2 aromatic rings. The highest BCUT2D eigenvalue weighted by Gasteiger charge is 2.20. The third-order valence-corrected chi connectivity index (χ3v) is 4.12. The molecule has 0 amide bonds. The molecule has 19 heavy (non-hydrogen) atoms. The van der Waals surface area contributed by atoms with Crippen LogP contribution in [0, 0.1) is 6.92 Å². The van der Waals surface area contributed by atoms with E-state index < -0.39 is 0 Å². The van der Waals surface area contributed by atoms with E-state index in [1.54, 1.807) is 0 Å². The first-order chi connectivity index (χ1) is 9.28. The van der Waals surface area contributed by atoms with E-state index in [9.17, 15) is 0 Å². The molecule has 1 saturated heterocycles. The van der Waals surface area contributed by atoms with E-state index in [1.165, 1.54) is 5.56 Å². The van der Waals surface area contributed by atoms with Crippen LogP contribution in [0.3, 0.4) is 0 Å². The number of nitrogens with zero attached hydrogens (tertiary/aromatic N) is 2. The van der Waals surface area contributed by atoms with E-state index in [-0.39, 0.29) is 0 Å². The number of nitrogens with one attached hydrogen (secondary N) is 1. The van der Waals surface area contributed by atoms with Crippen LogP contribution in [0.2, 0.25) is 0 Å². The third-order valence-electron chi connectivity index (χ3n) is 4.12. The van der Waals surface area contributed by atoms with Crippen LogP contribution in [0.15, 0.2) is 18.3 Å². The molecule has 0 bridgehead atoms. The van der Waals surface area contributed by atoms with Crippen molar-refractivity contribution in [3.8, 4) is 5.75 Å². The van der Waals surface area contributed by atoms with E-state index in [0.717, 1.165) is 49.1 Å². The Balaban J connectivity index is 1.73. The van der Waals surface area contributed by atoms with E-state index in [4.69, 9.17) is 4.74 Å². The molecule has 1 fully saturated rings. The van der Waals surface area contributed by atoms with Gasteiger partial charge in [0.05, 0.1) is 11.7 Å². The number of hydrogen-bond donors (Lipinski definition) is 1. The zero-order chi connectivity index (χ0) is 13.2. The van der Waals surface area contributed by atoms with E-state index in [1.807, 2.05) is 12.3 Å². The number of aromatic nitrogens is 2. The van der Waals surface area contributed by atoms with Gasteiger partial charge in [0.25, 0.3) is 0 Å². The van der Waals surface area contributed by atoms with Crippen LogP contribution in [-0.4, -0.2) is 40.8 Å². The summed E-state index contributed by atoms with van der Waals surface area (Å²) < 4.78 is 6.19. The molecular formula is C15H21N3O. The zero-order valence-electron chi connectivity index (χ0n) is 11.6. The van der Waals surface area contributed by atoms with Crippen LogP contribution >= 0.6 is 0 Å². The largest absolute Gasteiger partial charge is 0.490 e.